The third kappa shape index (κ3) is 54.6. The van der Waals surface area contributed by atoms with E-state index in [1.54, 1.807) is 0 Å². The molecule has 1 fully saturated rings. The molecule has 1 aliphatic rings. The van der Waals surface area contributed by atoms with Crippen molar-refractivity contribution in [3.63, 3.8) is 0 Å². The standard InChI is InChI=1S/C76H151NO8/c1-3-5-7-9-11-13-15-17-19-21-23-25-27-29-31-33-35-36-38-40-42-44-46-48-50-52-54-56-58-60-62-64-66-72(80)77-69(68-84-76-75(83)74(82)73(81)71(67-78)85-76)70(79)65-63-61-59-57-55-53-51-49-47-45-43-41-39-37-34-32-30-28-26-24-22-20-18-16-14-12-10-8-6-4-2/h69-71,73-76,78-79,81-83H,3-68H2,1-2H3,(H,77,80). The summed E-state index contributed by atoms with van der Waals surface area (Å²) in [5.74, 6) is -0.132. The number of aliphatic hydroxyl groups is 5. The lowest BCUT2D eigenvalue weighted by Crippen LogP contribution is -2.60. The minimum atomic E-state index is -1.55. The molecule has 6 N–H and O–H groups in total. The number of hydrogen-bond acceptors (Lipinski definition) is 8. The Balaban J connectivity index is 2.05. The van der Waals surface area contributed by atoms with Gasteiger partial charge in [0.2, 0.25) is 5.91 Å². The van der Waals surface area contributed by atoms with Gasteiger partial charge in [-0.25, -0.2) is 0 Å². The minimum Gasteiger partial charge on any atom is -0.394 e. The Morgan fingerprint density at radius 3 is 0.835 bits per heavy atom. The van der Waals surface area contributed by atoms with Gasteiger partial charge in [0, 0.05) is 6.42 Å². The van der Waals surface area contributed by atoms with Gasteiger partial charge in [-0.3, -0.25) is 4.79 Å². The van der Waals surface area contributed by atoms with Gasteiger partial charge in [0.05, 0.1) is 25.4 Å². The first-order chi connectivity index (χ1) is 41.8. The predicted octanol–water partition coefficient (Wildman–Crippen LogP) is 21.7. The third-order valence-corrected chi connectivity index (χ3v) is 19.2. The highest BCUT2D eigenvalue weighted by Gasteiger charge is 2.44. The highest BCUT2D eigenvalue weighted by molar-refractivity contribution is 5.76. The summed E-state index contributed by atoms with van der Waals surface area (Å²) < 4.78 is 11.4. The van der Waals surface area contributed by atoms with Crippen molar-refractivity contribution in [1.29, 1.82) is 0 Å². The van der Waals surface area contributed by atoms with Crippen LogP contribution < -0.4 is 5.32 Å². The fourth-order valence-corrected chi connectivity index (χ4v) is 13.2. The zero-order valence-electron chi connectivity index (χ0n) is 57.2. The van der Waals surface area contributed by atoms with Crippen molar-refractivity contribution in [1.82, 2.24) is 5.32 Å². The van der Waals surface area contributed by atoms with Crippen LogP contribution in [0.3, 0.4) is 0 Å². The molecule has 85 heavy (non-hydrogen) atoms. The predicted molar refractivity (Wildman–Crippen MR) is 364 cm³/mol. The summed E-state index contributed by atoms with van der Waals surface area (Å²) in [7, 11) is 0. The zero-order valence-corrected chi connectivity index (χ0v) is 57.2. The lowest BCUT2D eigenvalue weighted by molar-refractivity contribution is -0.302. The first-order valence-electron chi connectivity index (χ1n) is 38.7. The maximum absolute atomic E-state index is 13.2. The Morgan fingerprint density at radius 1 is 0.353 bits per heavy atom. The molecule has 7 unspecified atom stereocenters. The maximum Gasteiger partial charge on any atom is 0.220 e. The van der Waals surface area contributed by atoms with E-state index in [-0.39, 0.29) is 12.5 Å². The van der Waals surface area contributed by atoms with Crippen LogP contribution in [0.1, 0.15) is 425 Å². The normalized spacial score (nSPS) is 17.9. The van der Waals surface area contributed by atoms with E-state index in [0.717, 1.165) is 38.5 Å². The first kappa shape index (κ1) is 82.2. The van der Waals surface area contributed by atoms with Crippen molar-refractivity contribution in [3.05, 3.63) is 0 Å². The third-order valence-electron chi connectivity index (χ3n) is 19.2. The summed E-state index contributed by atoms with van der Waals surface area (Å²) in [6.45, 7) is 3.92. The molecule has 1 aliphatic heterocycles. The lowest BCUT2D eigenvalue weighted by atomic mass is 9.99. The molecule has 0 bridgehead atoms. The molecular formula is C76H151NO8. The van der Waals surface area contributed by atoms with Crippen LogP contribution in [-0.2, 0) is 14.3 Å². The van der Waals surface area contributed by atoms with Gasteiger partial charge >= 0.3 is 0 Å². The van der Waals surface area contributed by atoms with Crippen LogP contribution in [0.4, 0.5) is 0 Å². The van der Waals surface area contributed by atoms with Gasteiger partial charge in [-0.2, -0.15) is 0 Å². The topological polar surface area (TPSA) is 149 Å². The Bertz CT molecular complexity index is 1300. The van der Waals surface area contributed by atoms with E-state index in [1.165, 1.54) is 360 Å². The molecular weight excluding hydrogens is 1050 g/mol. The Hall–Kier alpha value is -0.810. The van der Waals surface area contributed by atoms with E-state index in [9.17, 15) is 30.3 Å². The fraction of sp³-hybridized carbons (Fsp3) is 0.987. The molecule has 0 aromatic carbocycles. The summed E-state index contributed by atoms with van der Waals surface area (Å²) in [5, 5.41) is 55.1. The number of carbonyl (C=O) groups excluding carboxylic acids is 1. The van der Waals surface area contributed by atoms with Crippen LogP contribution in [0, 0.1) is 0 Å². The zero-order chi connectivity index (χ0) is 61.4. The SMILES string of the molecule is CCCCCCCCCCCCCCCCCCCCCCCCCCCCCCCCCCC(=O)NC(COC1OC(CO)C(O)C(O)C1O)C(O)CCCCCCCCCCCCCCCCCCCCCCCCCCCCCCCC. The van der Waals surface area contributed by atoms with E-state index in [2.05, 4.69) is 19.2 Å². The Kier molecular flexibility index (Phi) is 63.9. The van der Waals surface area contributed by atoms with Gasteiger partial charge in [0.15, 0.2) is 6.29 Å². The van der Waals surface area contributed by atoms with Crippen molar-refractivity contribution in [2.75, 3.05) is 13.2 Å². The summed E-state index contributed by atoms with van der Waals surface area (Å²) >= 11 is 0. The number of aliphatic hydroxyl groups excluding tert-OH is 5. The monoisotopic (exact) mass is 1210 g/mol. The molecule has 0 radical (unpaired) electrons. The molecule has 9 heteroatoms. The average molecular weight is 1210 g/mol. The van der Waals surface area contributed by atoms with Crippen molar-refractivity contribution in [2.45, 2.75) is 468 Å². The van der Waals surface area contributed by atoms with Crippen LogP contribution >= 0.6 is 0 Å². The van der Waals surface area contributed by atoms with E-state index in [4.69, 9.17) is 9.47 Å². The summed E-state index contributed by atoms with van der Waals surface area (Å²) in [6.07, 6.45) is 77.8. The van der Waals surface area contributed by atoms with Gasteiger partial charge in [0.1, 0.15) is 24.4 Å². The summed E-state index contributed by atoms with van der Waals surface area (Å²) in [5.41, 5.74) is 0. The van der Waals surface area contributed by atoms with Crippen molar-refractivity contribution >= 4 is 5.91 Å². The average Bonchev–Trinajstić information content (AvgIpc) is 3.55. The van der Waals surface area contributed by atoms with Gasteiger partial charge < -0.3 is 40.3 Å². The van der Waals surface area contributed by atoms with Gasteiger partial charge in [-0.1, -0.05) is 406 Å². The lowest BCUT2D eigenvalue weighted by Gasteiger charge is -2.40. The molecule has 1 rings (SSSR count). The van der Waals surface area contributed by atoms with Crippen molar-refractivity contribution in [2.24, 2.45) is 0 Å². The second-order valence-corrected chi connectivity index (χ2v) is 27.5. The number of nitrogens with one attached hydrogen (secondary N) is 1. The van der Waals surface area contributed by atoms with Crippen LogP contribution in [-0.4, -0.2) is 87.5 Å². The van der Waals surface area contributed by atoms with Crippen LogP contribution in [0.5, 0.6) is 0 Å². The van der Waals surface area contributed by atoms with Crippen LogP contribution in [0.2, 0.25) is 0 Å². The smallest absolute Gasteiger partial charge is 0.220 e. The van der Waals surface area contributed by atoms with Crippen LogP contribution in [0.25, 0.3) is 0 Å². The molecule has 508 valence electrons. The van der Waals surface area contributed by atoms with E-state index in [1.807, 2.05) is 0 Å². The number of hydrogen-bond donors (Lipinski definition) is 6. The molecule has 9 nitrogen and oxygen atoms in total. The number of carbonyl (C=O) groups is 1. The highest BCUT2D eigenvalue weighted by atomic mass is 16.7. The molecule has 1 saturated heterocycles. The largest absolute Gasteiger partial charge is 0.394 e. The molecule has 0 saturated carbocycles. The number of ether oxygens (including phenoxy) is 2. The minimum absolute atomic E-state index is 0.130. The molecule has 0 aromatic rings. The summed E-state index contributed by atoms with van der Waals surface area (Å²) in [4.78, 5) is 13.2. The van der Waals surface area contributed by atoms with Crippen LogP contribution in [0.15, 0.2) is 0 Å². The van der Waals surface area contributed by atoms with Crippen molar-refractivity contribution in [3.8, 4) is 0 Å². The molecule has 0 aromatic heterocycles. The molecule has 1 heterocycles. The van der Waals surface area contributed by atoms with Gasteiger partial charge in [-0.15, -0.1) is 0 Å². The molecule has 7 atom stereocenters. The highest BCUT2D eigenvalue weighted by Crippen LogP contribution is 2.24. The second kappa shape index (κ2) is 66.1. The summed E-state index contributed by atoms with van der Waals surface area (Å²) in [6, 6.07) is -0.716. The van der Waals surface area contributed by atoms with E-state index < -0.39 is 49.5 Å². The quantitative estimate of drug-likeness (QED) is 0.0330. The Morgan fingerprint density at radius 2 is 0.588 bits per heavy atom. The van der Waals surface area contributed by atoms with E-state index >= 15 is 0 Å². The first-order valence-corrected chi connectivity index (χ1v) is 38.7. The maximum atomic E-state index is 13.2. The number of unbranched alkanes of at least 4 members (excludes halogenated alkanes) is 60. The second-order valence-electron chi connectivity index (χ2n) is 27.5. The Labute approximate surface area is 529 Å². The van der Waals surface area contributed by atoms with Gasteiger partial charge in [0.25, 0.3) is 0 Å². The fourth-order valence-electron chi connectivity index (χ4n) is 13.2. The number of amides is 1. The van der Waals surface area contributed by atoms with Crippen molar-refractivity contribution < 1.29 is 39.8 Å². The van der Waals surface area contributed by atoms with E-state index in [0.29, 0.717) is 12.8 Å². The van der Waals surface area contributed by atoms with Gasteiger partial charge in [-0.05, 0) is 12.8 Å². The number of rotatable bonds is 70. The molecule has 0 aliphatic carbocycles. The molecule has 0 spiro atoms. The molecule has 1 amide bonds.